The number of para-hydroxylation sites is 1. The third-order valence-corrected chi connectivity index (χ3v) is 5.16. The van der Waals surface area contributed by atoms with Crippen LogP contribution in [0.2, 0.25) is 5.02 Å². The standard InChI is InChI=1S/C25H19ClN2O4/c1-16-6-5-7-18(12-16)15-32-22-11-10-17(14-21(22)26)13-20-23(29)27-25(31)28(24(20)30)19-8-3-2-4-9-19/h2-14H,15H2,1H3,(H,27,29,31)/b20-13+. The Morgan fingerprint density at radius 1 is 0.969 bits per heavy atom. The van der Waals surface area contributed by atoms with Crippen LogP contribution in [0, 0.1) is 6.92 Å². The van der Waals surface area contributed by atoms with Gasteiger partial charge in [0, 0.05) is 0 Å². The molecule has 0 aliphatic carbocycles. The van der Waals surface area contributed by atoms with E-state index in [1.807, 2.05) is 31.2 Å². The van der Waals surface area contributed by atoms with Crippen LogP contribution in [0.5, 0.6) is 5.75 Å². The van der Waals surface area contributed by atoms with Crippen LogP contribution in [0.4, 0.5) is 10.5 Å². The van der Waals surface area contributed by atoms with Gasteiger partial charge in [0.1, 0.15) is 17.9 Å². The van der Waals surface area contributed by atoms with Crippen molar-refractivity contribution in [1.82, 2.24) is 5.32 Å². The van der Waals surface area contributed by atoms with Crippen molar-refractivity contribution < 1.29 is 19.1 Å². The van der Waals surface area contributed by atoms with Crippen LogP contribution in [0.1, 0.15) is 16.7 Å². The predicted octanol–water partition coefficient (Wildman–Crippen LogP) is 4.89. The number of nitrogens with one attached hydrogen (secondary N) is 1. The highest BCUT2D eigenvalue weighted by Crippen LogP contribution is 2.28. The molecule has 1 aliphatic heterocycles. The number of halogens is 1. The van der Waals surface area contributed by atoms with Crippen LogP contribution < -0.4 is 15.0 Å². The van der Waals surface area contributed by atoms with Gasteiger partial charge < -0.3 is 4.74 Å². The Kier molecular flexibility index (Phi) is 6.05. The maximum atomic E-state index is 12.9. The summed E-state index contributed by atoms with van der Waals surface area (Å²) in [6.07, 6.45) is 1.40. The van der Waals surface area contributed by atoms with E-state index in [1.165, 1.54) is 6.08 Å². The number of amides is 4. The molecule has 1 aliphatic rings. The monoisotopic (exact) mass is 446 g/mol. The fourth-order valence-electron chi connectivity index (χ4n) is 3.32. The van der Waals surface area contributed by atoms with Crippen molar-refractivity contribution in [3.05, 3.63) is 100 Å². The molecule has 6 nitrogen and oxygen atoms in total. The van der Waals surface area contributed by atoms with Crippen molar-refractivity contribution in [2.75, 3.05) is 4.90 Å². The molecule has 0 atom stereocenters. The number of anilines is 1. The smallest absolute Gasteiger partial charge is 0.335 e. The summed E-state index contributed by atoms with van der Waals surface area (Å²) in [4.78, 5) is 38.4. The first-order chi connectivity index (χ1) is 15.4. The van der Waals surface area contributed by atoms with Crippen LogP contribution in [0.3, 0.4) is 0 Å². The quantitative estimate of drug-likeness (QED) is 0.447. The van der Waals surface area contributed by atoms with Crippen LogP contribution in [0.15, 0.2) is 78.4 Å². The molecule has 160 valence electrons. The average molecular weight is 447 g/mol. The van der Waals surface area contributed by atoms with E-state index in [4.69, 9.17) is 16.3 Å². The number of rotatable bonds is 5. The topological polar surface area (TPSA) is 75.7 Å². The summed E-state index contributed by atoms with van der Waals surface area (Å²) in [6, 6.07) is 20.5. The molecule has 7 heteroatoms. The fourth-order valence-corrected chi connectivity index (χ4v) is 3.57. The summed E-state index contributed by atoms with van der Waals surface area (Å²) in [5.74, 6) is -0.986. The van der Waals surface area contributed by atoms with Crippen molar-refractivity contribution in [3.63, 3.8) is 0 Å². The number of aryl methyl sites for hydroxylation is 1. The van der Waals surface area contributed by atoms with Gasteiger partial charge >= 0.3 is 6.03 Å². The van der Waals surface area contributed by atoms with Crippen molar-refractivity contribution in [2.24, 2.45) is 0 Å². The number of imide groups is 2. The first-order valence-electron chi connectivity index (χ1n) is 9.87. The molecular weight excluding hydrogens is 428 g/mol. The number of carbonyl (C=O) groups excluding carboxylic acids is 3. The molecule has 3 aromatic carbocycles. The largest absolute Gasteiger partial charge is 0.487 e. The van der Waals surface area contributed by atoms with Crippen LogP contribution >= 0.6 is 11.6 Å². The molecule has 1 saturated heterocycles. The Balaban J connectivity index is 1.56. The lowest BCUT2D eigenvalue weighted by Crippen LogP contribution is -2.54. The number of hydrogen-bond donors (Lipinski definition) is 1. The highest BCUT2D eigenvalue weighted by molar-refractivity contribution is 6.39. The van der Waals surface area contributed by atoms with Gasteiger partial charge in [0.15, 0.2) is 0 Å². The summed E-state index contributed by atoms with van der Waals surface area (Å²) >= 11 is 6.36. The maximum absolute atomic E-state index is 12.9. The summed E-state index contributed by atoms with van der Waals surface area (Å²) < 4.78 is 5.80. The average Bonchev–Trinajstić information content (AvgIpc) is 2.77. The van der Waals surface area contributed by atoms with E-state index < -0.39 is 17.8 Å². The van der Waals surface area contributed by atoms with Gasteiger partial charge in [-0.05, 0) is 48.4 Å². The normalized spacial score (nSPS) is 15.1. The highest BCUT2D eigenvalue weighted by Gasteiger charge is 2.36. The molecule has 0 bridgehead atoms. The molecule has 1 fully saturated rings. The van der Waals surface area contributed by atoms with E-state index >= 15 is 0 Å². The van der Waals surface area contributed by atoms with Crippen molar-refractivity contribution >= 4 is 41.2 Å². The second kappa shape index (κ2) is 9.08. The predicted molar refractivity (Wildman–Crippen MR) is 122 cm³/mol. The molecule has 1 heterocycles. The molecule has 0 saturated carbocycles. The minimum absolute atomic E-state index is 0.169. The van der Waals surface area contributed by atoms with E-state index in [-0.39, 0.29) is 5.57 Å². The summed E-state index contributed by atoms with van der Waals surface area (Å²) in [5, 5.41) is 2.54. The molecule has 0 aromatic heterocycles. The van der Waals surface area contributed by atoms with Crippen molar-refractivity contribution in [2.45, 2.75) is 13.5 Å². The number of nitrogens with zero attached hydrogens (tertiary/aromatic N) is 1. The number of ether oxygens (including phenoxy) is 1. The van der Waals surface area contributed by atoms with Gasteiger partial charge in [-0.3, -0.25) is 14.9 Å². The van der Waals surface area contributed by atoms with Crippen LogP contribution in [-0.4, -0.2) is 17.8 Å². The van der Waals surface area contributed by atoms with Gasteiger partial charge in [0.05, 0.1) is 10.7 Å². The summed E-state index contributed by atoms with van der Waals surface area (Å²) in [7, 11) is 0. The number of benzene rings is 3. The Hall–Kier alpha value is -3.90. The summed E-state index contributed by atoms with van der Waals surface area (Å²) in [6.45, 7) is 2.37. The van der Waals surface area contributed by atoms with E-state index in [1.54, 1.807) is 48.5 Å². The van der Waals surface area contributed by atoms with Gasteiger partial charge in [-0.1, -0.05) is 65.7 Å². The molecule has 1 N–H and O–H groups in total. The van der Waals surface area contributed by atoms with E-state index in [9.17, 15) is 14.4 Å². The molecule has 4 rings (SSSR count). The van der Waals surface area contributed by atoms with Gasteiger partial charge in [0.25, 0.3) is 11.8 Å². The van der Waals surface area contributed by atoms with Crippen molar-refractivity contribution in [1.29, 1.82) is 0 Å². The number of urea groups is 1. The molecule has 0 unspecified atom stereocenters. The maximum Gasteiger partial charge on any atom is 0.335 e. The van der Waals surface area contributed by atoms with Gasteiger partial charge in [-0.25, -0.2) is 9.69 Å². The zero-order valence-electron chi connectivity index (χ0n) is 17.2. The van der Waals surface area contributed by atoms with E-state index in [0.717, 1.165) is 16.0 Å². The van der Waals surface area contributed by atoms with Crippen molar-refractivity contribution in [3.8, 4) is 5.75 Å². The highest BCUT2D eigenvalue weighted by atomic mass is 35.5. The fraction of sp³-hybridized carbons (Fsp3) is 0.0800. The molecular formula is C25H19ClN2O4. The molecule has 0 radical (unpaired) electrons. The lowest BCUT2D eigenvalue weighted by Gasteiger charge is -2.26. The first kappa shape index (κ1) is 21.3. The first-order valence-corrected chi connectivity index (χ1v) is 10.2. The van der Waals surface area contributed by atoms with Gasteiger partial charge in [0.2, 0.25) is 0 Å². The van der Waals surface area contributed by atoms with Gasteiger partial charge in [-0.2, -0.15) is 0 Å². The van der Waals surface area contributed by atoms with Crippen LogP contribution in [-0.2, 0) is 16.2 Å². The van der Waals surface area contributed by atoms with E-state index in [2.05, 4.69) is 5.32 Å². The Morgan fingerprint density at radius 3 is 2.47 bits per heavy atom. The lowest BCUT2D eigenvalue weighted by atomic mass is 10.1. The SMILES string of the molecule is Cc1cccc(COc2ccc(/C=C3\C(=O)NC(=O)N(c4ccccc4)C3=O)cc2Cl)c1. The number of hydrogen-bond acceptors (Lipinski definition) is 4. The van der Waals surface area contributed by atoms with Gasteiger partial charge in [-0.15, -0.1) is 0 Å². The third-order valence-electron chi connectivity index (χ3n) is 4.86. The Labute approximate surface area is 190 Å². The van der Waals surface area contributed by atoms with E-state index in [0.29, 0.717) is 28.6 Å². The molecule has 3 aromatic rings. The lowest BCUT2D eigenvalue weighted by molar-refractivity contribution is -0.122. The Bertz CT molecular complexity index is 1240. The molecule has 32 heavy (non-hydrogen) atoms. The number of carbonyl (C=O) groups is 3. The zero-order valence-corrected chi connectivity index (χ0v) is 17.9. The summed E-state index contributed by atoms with van der Waals surface area (Å²) in [5.41, 5.74) is 2.88. The second-order valence-corrected chi connectivity index (χ2v) is 7.67. The Morgan fingerprint density at radius 2 is 1.75 bits per heavy atom. The molecule has 0 spiro atoms. The third kappa shape index (κ3) is 4.55. The van der Waals surface area contributed by atoms with Crippen LogP contribution in [0.25, 0.3) is 6.08 Å². The molecule has 4 amide bonds. The number of barbiturate groups is 1. The second-order valence-electron chi connectivity index (χ2n) is 7.26. The zero-order chi connectivity index (χ0) is 22.7. The minimum atomic E-state index is -0.790. The minimum Gasteiger partial charge on any atom is -0.487 e.